The van der Waals surface area contributed by atoms with Crippen LogP contribution in [0.25, 0.3) is 5.57 Å². The van der Waals surface area contributed by atoms with E-state index in [0.717, 1.165) is 50.5 Å². The van der Waals surface area contributed by atoms with Gasteiger partial charge in [-0.15, -0.1) is 0 Å². The highest BCUT2D eigenvalue weighted by Crippen LogP contribution is 2.40. The van der Waals surface area contributed by atoms with Crippen molar-refractivity contribution >= 4 is 11.3 Å². The van der Waals surface area contributed by atoms with Crippen molar-refractivity contribution in [3.8, 4) is 6.07 Å². The van der Waals surface area contributed by atoms with Gasteiger partial charge in [0.1, 0.15) is 0 Å². The molecule has 1 aromatic heterocycles. The van der Waals surface area contributed by atoms with E-state index in [9.17, 15) is 13.2 Å². The minimum Gasteiger partial charge on any atom is -0.368 e. The molecule has 0 N–H and O–H groups in total. The summed E-state index contributed by atoms with van der Waals surface area (Å²) in [4.78, 5) is 6.35. The molecule has 0 amide bonds. The first-order valence-corrected chi connectivity index (χ1v) is 9.98. The van der Waals surface area contributed by atoms with Crippen molar-refractivity contribution in [2.75, 3.05) is 11.4 Å². The lowest BCUT2D eigenvalue weighted by Gasteiger charge is -2.32. The Hall–Kier alpha value is -2.75. The summed E-state index contributed by atoms with van der Waals surface area (Å²) in [6, 6.07) is 5.89. The molecule has 1 atom stereocenters. The van der Waals surface area contributed by atoms with Crippen molar-refractivity contribution in [1.82, 2.24) is 9.55 Å². The number of rotatable bonds is 6. The molecule has 0 bridgehead atoms. The molecule has 2 aliphatic carbocycles. The highest BCUT2D eigenvalue weighted by Gasteiger charge is 2.36. The normalized spacial score (nSPS) is 19.1. The number of aryl methyl sites for hydroxylation is 1. The summed E-state index contributed by atoms with van der Waals surface area (Å²) in [6.07, 6.45) is 5.11. The van der Waals surface area contributed by atoms with Gasteiger partial charge in [0.05, 0.1) is 35.4 Å². The van der Waals surface area contributed by atoms with E-state index in [-0.39, 0.29) is 11.6 Å². The third kappa shape index (κ3) is 4.02. The molecule has 2 aliphatic rings. The van der Waals surface area contributed by atoms with Crippen LogP contribution in [0.4, 0.5) is 18.9 Å². The van der Waals surface area contributed by atoms with Crippen LogP contribution in [0.5, 0.6) is 0 Å². The molecule has 152 valence electrons. The number of benzene rings is 1. The number of halogens is 3. The molecule has 29 heavy (non-hydrogen) atoms. The molecule has 1 heterocycles. The highest BCUT2D eigenvalue weighted by molar-refractivity contribution is 5.67. The van der Waals surface area contributed by atoms with Crippen LogP contribution in [0.1, 0.15) is 49.4 Å². The first-order valence-electron chi connectivity index (χ1n) is 9.98. The van der Waals surface area contributed by atoms with Crippen LogP contribution in [-0.4, -0.2) is 22.1 Å². The predicted octanol–water partition coefficient (Wildman–Crippen LogP) is 5.26. The fourth-order valence-corrected chi connectivity index (χ4v) is 4.07. The molecule has 7 heteroatoms. The van der Waals surface area contributed by atoms with E-state index in [2.05, 4.69) is 27.5 Å². The maximum atomic E-state index is 13.5. The van der Waals surface area contributed by atoms with Gasteiger partial charge in [0.2, 0.25) is 0 Å². The van der Waals surface area contributed by atoms with Crippen LogP contribution in [0, 0.1) is 17.2 Å². The lowest BCUT2D eigenvalue weighted by Crippen LogP contribution is -2.35. The minimum atomic E-state index is -4.54. The zero-order valence-electron chi connectivity index (χ0n) is 16.3. The Morgan fingerprint density at radius 1 is 1.31 bits per heavy atom. The number of imidazole rings is 1. The van der Waals surface area contributed by atoms with Crippen molar-refractivity contribution in [3.63, 3.8) is 0 Å². The minimum absolute atomic E-state index is 0.111. The van der Waals surface area contributed by atoms with Gasteiger partial charge in [-0.05, 0) is 62.3 Å². The molecule has 0 spiro atoms. The second-order valence-electron chi connectivity index (χ2n) is 7.82. The quantitative estimate of drug-likeness (QED) is 0.665. The largest absolute Gasteiger partial charge is 0.417 e. The van der Waals surface area contributed by atoms with Gasteiger partial charge in [-0.3, -0.25) is 0 Å². The molecule has 1 unspecified atom stereocenters. The number of aromatic nitrogens is 2. The Labute approximate surface area is 168 Å². The predicted molar refractivity (Wildman–Crippen MR) is 105 cm³/mol. The molecule has 4 rings (SSSR count). The smallest absolute Gasteiger partial charge is 0.368 e. The summed E-state index contributed by atoms with van der Waals surface area (Å²) < 4.78 is 42.5. The molecule has 1 fully saturated rings. The van der Waals surface area contributed by atoms with Crippen LogP contribution in [-0.2, 0) is 12.7 Å². The van der Waals surface area contributed by atoms with Gasteiger partial charge < -0.3 is 9.47 Å². The summed E-state index contributed by atoms with van der Waals surface area (Å²) in [5, 5.41) is 9.09. The third-order valence-electron chi connectivity index (χ3n) is 5.83. The summed E-state index contributed by atoms with van der Waals surface area (Å²) in [7, 11) is 0. The van der Waals surface area contributed by atoms with E-state index >= 15 is 0 Å². The molecule has 1 aromatic carbocycles. The molecule has 1 saturated carbocycles. The van der Waals surface area contributed by atoms with Crippen molar-refractivity contribution < 1.29 is 13.2 Å². The van der Waals surface area contributed by atoms with Gasteiger partial charge in [0.25, 0.3) is 0 Å². The Morgan fingerprint density at radius 3 is 2.76 bits per heavy atom. The average molecular weight is 400 g/mol. The molecule has 0 saturated heterocycles. The first-order chi connectivity index (χ1) is 13.9. The Kier molecular flexibility index (Phi) is 5.12. The van der Waals surface area contributed by atoms with Crippen molar-refractivity contribution in [1.29, 1.82) is 5.26 Å². The fraction of sp³-hybridized carbons (Fsp3) is 0.455. The zero-order chi connectivity index (χ0) is 20.6. The van der Waals surface area contributed by atoms with Crippen molar-refractivity contribution in [3.05, 3.63) is 53.6 Å². The molecule has 2 aromatic rings. The monoisotopic (exact) mass is 400 g/mol. The number of hydrogen-bond acceptors (Lipinski definition) is 3. The van der Waals surface area contributed by atoms with Gasteiger partial charge in [0.15, 0.2) is 0 Å². The van der Waals surface area contributed by atoms with Crippen LogP contribution >= 0.6 is 0 Å². The van der Waals surface area contributed by atoms with E-state index in [1.165, 1.54) is 11.6 Å². The Bertz CT molecular complexity index is 963. The SMILES string of the molecule is CCn1cncc1C1=CCC(N(CC2CC2)c2ccc(C#N)c(C(F)(F)F)c2)C1. The van der Waals surface area contributed by atoms with Gasteiger partial charge in [0, 0.05) is 24.8 Å². The van der Waals surface area contributed by atoms with E-state index in [4.69, 9.17) is 5.26 Å². The summed E-state index contributed by atoms with van der Waals surface area (Å²) in [5.41, 5.74) is 1.64. The number of anilines is 1. The van der Waals surface area contributed by atoms with E-state index in [0.29, 0.717) is 11.6 Å². The zero-order valence-corrected chi connectivity index (χ0v) is 16.3. The summed E-state index contributed by atoms with van der Waals surface area (Å²) >= 11 is 0. The van der Waals surface area contributed by atoms with Crippen LogP contribution < -0.4 is 4.90 Å². The second-order valence-corrected chi connectivity index (χ2v) is 7.82. The maximum absolute atomic E-state index is 13.5. The lowest BCUT2D eigenvalue weighted by atomic mass is 10.0. The van der Waals surface area contributed by atoms with Crippen molar-refractivity contribution in [2.24, 2.45) is 5.92 Å². The summed E-state index contributed by atoms with van der Waals surface area (Å²) in [6.45, 7) is 3.64. The topological polar surface area (TPSA) is 44.9 Å². The third-order valence-corrected chi connectivity index (χ3v) is 5.83. The summed E-state index contributed by atoms with van der Waals surface area (Å²) in [5.74, 6) is 0.533. The standard InChI is InChI=1S/C22H23F3N4/c1-2-28-14-27-12-21(28)16-5-7-18(9-16)29(13-15-3-4-15)19-8-6-17(11-26)20(10-19)22(23,24)25/h5-6,8,10,12,14-15,18H,2-4,7,9,13H2,1H3. The molecular weight excluding hydrogens is 377 g/mol. The molecule has 0 aliphatic heterocycles. The van der Waals surface area contributed by atoms with E-state index in [1.54, 1.807) is 12.1 Å². The molecular formula is C22H23F3N4. The van der Waals surface area contributed by atoms with Gasteiger partial charge >= 0.3 is 6.18 Å². The highest BCUT2D eigenvalue weighted by atomic mass is 19.4. The van der Waals surface area contributed by atoms with E-state index in [1.807, 2.05) is 12.5 Å². The lowest BCUT2D eigenvalue weighted by molar-refractivity contribution is -0.137. The van der Waals surface area contributed by atoms with Gasteiger partial charge in [-0.2, -0.15) is 18.4 Å². The molecule has 0 radical (unpaired) electrons. The average Bonchev–Trinajstić information content (AvgIpc) is 3.18. The Balaban J connectivity index is 1.62. The van der Waals surface area contributed by atoms with Gasteiger partial charge in [-0.1, -0.05) is 6.08 Å². The number of nitrogens with zero attached hydrogens (tertiary/aromatic N) is 4. The van der Waals surface area contributed by atoms with Crippen LogP contribution in [0.2, 0.25) is 0 Å². The number of alkyl halides is 3. The maximum Gasteiger partial charge on any atom is 0.417 e. The van der Waals surface area contributed by atoms with Crippen LogP contribution in [0.15, 0.2) is 36.8 Å². The van der Waals surface area contributed by atoms with Crippen LogP contribution in [0.3, 0.4) is 0 Å². The fourth-order valence-electron chi connectivity index (χ4n) is 4.07. The molecule has 4 nitrogen and oxygen atoms in total. The van der Waals surface area contributed by atoms with Gasteiger partial charge in [-0.25, -0.2) is 4.98 Å². The first kappa shape index (κ1) is 19.6. The van der Waals surface area contributed by atoms with Crippen molar-refractivity contribution in [2.45, 2.75) is 51.4 Å². The number of nitriles is 1. The Morgan fingerprint density at radius 2 is 2.10 bits per heavy atom. The van der Waals surface area contributed by atoms with E-state index < -0.39 is 11.7 Å². The second kappa shape index (κ2) is 7.58. The number of hydrogen-bond donors (Lipinski definition) is 0.